The second-order valence-corrected chi connectivity index (χ2v) is 7.23. The first-order valence-electron chi connectivity index (χ1n) is 9.25. The molecule has 1 aromatic carbocycles. The van der Waals surface area contributed by atoms with Gasteiger partial charge in [-0.1, -0.05) is 19.3 Å². The molecule has 1 fully saturated rings. The zero-order chi connectivity index (χ0) is 17.1. The first-order chi connectivity index (χ1) is 11.6. The molecule has 130 valence electrons. The molecule has 0 atom stereocenters. The maximum atomic E-state index is 10.8. The monoisotopic (exact) mass is 328 g/mol. The summed E-state index contributed by atoms with van der Waals surface area (Å²) in [6, 6.07) is 4.45. The fraction of sp³-hybridized carbons (Fsp3) is 0.600. The van der Waals surface area contributed by atoms with Crippen LogP contribution in [0.5, 0.6) is 0 Å². The minimum absolute atomic E-state index is 0.253. The number of aliphatic carboxylic acids is 1. The van der Waals surface area contributed by atoms with Gasteiger partial charge in [0.1, 0.15) is 5.82 Å². The van der Waals surface area contributed by atoms with Crippen molar-refractivity contribution in [3.8, 4) is 0 Å². The summed E-state index contributed by atoms with van der Waals surface area (Å²) in [5.74, 6) is 1.08. The van der Waals surface area contributed by atoms with Gasteiger partial charge in [-0.3, -0.25) is 4.79 Å². The van der Waals surface area contributed by atoms with Gasteiger partial charge in [0.15, 0.2) is 0 Å². The molecule has 0 aliphatic heterocycles. The number of benzene rings is 1. The maximum Gasteiger partial charge on any atom is 0.303 e. The molecule has 0 amide bonds. The Kier molecular flexibility index (Phi) is 5.22. The highest BCUT2D eigenvalue weighted by molar-refractivity contribution is 5.78. The first-order valence-corrected chi connectivity index (χ1v) is 9.25. The summed E-state index contributed by atoms with van der Waals surface area (Å²) < 4.78 is 2.37. The zero-order valence-electron chi connectivity index (χ0n) is 14.8. The molecular weight excluding hydrogens is 300 g/mol. The highest BCUT2D eigenvalue weighted by Crippen LogP contribution is 2.34. The molecule has 2 aromatic rings. The Morgan fingerprint density at radius 2 is 1.88 bits per heavy atom. The summed E-state index contributed by atoms with van der Waals surface area (Å²) >= 11 is 0. The van der Waals surface area contributed by atoms with Crippen molar-refractivity contribution in [2.24, 2.45) is 0 Å². The molecule has 1 N–H and O–H groups in total. The number of rotatable bonds is 6. The van der Waals surface area contributed by atoms with Gasteiger partial charge in [-0.05, 0) is 62.8 Å². The van der Waals surface area contributed by atoms with E-state index in [-0.39, 0.29) is 6.42 Å². The van der Waals surface area contributed by atoms with Crippen LogP contribution in [0.25, 0.3) is 11.0 Å². The molecule has 1 saturated carbocycles. The predicted molar refractivity (Wildman–Crippen MR) is 96.5 cm³/mol. The van der Waals surface area contributed by atoms with Crippen molar-refractivity contribution in [3.05, 3.63) is 29.1 Å². The van der Waals surface area contributed by atoms with E-state index in [2.05, 4.69) is 30.5 Å². The van der Waals surface area contributed by atoms with Crippen LogP contribution in [-0.4, -0.2) is 20.6 Å². The molecule has 1 aliphatic carbocycles. The standard InChI is InChI=1S/C20H28N2O2/c1-14-12-17-18(13-15(14)2)22(11-7-6-10-19(23)24)20(21-17)16-8-4-3-5-9-16/h12-13,16H,3-11H2,1-2H3,(H,23,24). The van der Waals surface area contributed by atoms with Gasteiger partial charge in [0.05, 0.1) is 11.0 Å². The van der Waals surface area contributed by atoms with Gasteiger partial charge in [-0.15, -0.1) is 0 Å². The largest absolute Gasteiger partial charge is 0.481 e. The van der Waals surface area contributed by atoms with Crippen molar-refractivity contribution in [1.82, 2.24) is 9.55 Å². The molecule has 0 spiro atoms. The van der Waals surface area contributed by atoms with Crippen molar-refractivity contribution >= 4 is 17.0 Å². The van der Waals surface area contributed by atoms with Crippen molar-refractivity contribution in [2.45, 2.75) is 77.7 Å². The van der Waals surface area contributed by atoms with Crippen LogP contribution in [-0.2, 0) is 11.3 Å². The Bertz CT molecular complexity index is 727. The number of aryl methyl sites for hydroxylation is 3. The van der Waals surface area contributed by atoms with Gasteiger partial charge in [-0.25, -0.2) is 4.98 Å². The third-order valence-corrected chi connectivity index (χ3v) is 5.39. The van der Waals surface area contributed by atoms with Crippen LogP contribution in [0.15, 0.2) is 12.1 Å². The Balaban J connectivity index is 1.91. The number of imidazole rings is 1. The Hall–Kier alpha value is -1.84. The smallest absolute Gasteiger partial charge is 0.303 e. The molecule has 0 bridgehead atoms. The van der Waals surface area contributed by atoms with Gasteiger partial charge in [0, 0.05) is 18.9 Å². The lowest BCUT2D eigenvalue weighted by Crippen LogP contribution is -2.12. The average molecular weight is 328 g/mol. The van der Waals surface area contributed by atoms with E-state index in [0.29, 0.717) is 5.92 Å². The minimum atomic E-state index is -0.704. The topological polar surface area (TPSA) is 55.1 Å². The van der Waals surface area contributed by atoms with Crippen molar-refractivity contribution in [2.75, 3.05) is 0 Å². The SMILES string of the molecule is Cc1cc2nc(C3CCCCC3)n(CCCCC(=O)O)c2cc1C. The number of carbonyl (C=O) groups is 1. The highest BCUT2D eigenvalue weighted by Gasteiger charge is 2.22. The van der Waals surface area contributed by atoms with E-state index in [1.807, 2.05) is 0 Å². The van der Waals surface area contributed by atoms with Crippen LogP contribution in [0.3, 0.4) is 0 Å². The maximum absolute atomic E-state index is 10.8. The van der Waals surface area contributed by atoms with Crippen molar-refractivity contribution in [3.63, 3.8) is 0 Å². The van der Waals surface area contributed by atoms with E-state index in [4.69, 9.17) is 10.1 Å². The lowest BCUT2D eigenvalue weighted by atomic mass is 9.88. The lowest BCUT2D eigenvalue weighted by Gasteiger charge is -2.22. The molecule has 4 heteroatoms. The highest BCUT2D eigenvalue weighted by atomic mass is 16.4. The number of unbranched alkanes of at least 4 members (excludes halogenated alkanes) is 1. The summed E-state index contributed by atoms with van der Waals surface area (Å²) in [5, 5.41) is 8.85. The van der Waals surface area contributed by atoms with Gasteiger partial charge in [0.2, 0.25) is 0 Å². The summed E-state index contributed by atoms with van der Waals surface area (Å²) in [6.07, 6.45) is 8.27. The molecule has 0 radical (unpaired) electrons. The number of nitrogens with zero attached hydrogens (tertiary/aromatic N) is 2. The quantitative estimate of drug-likeness (QED) is 0.763. The molecule has 4 nitrogen and oxygen atoms in total. The molecule has 1 heterocycles. The van der Waals surface area contributed by atoms with E-state index < -0.39 is 5.97 Å². The molecule has 24 heavy (non-hydrogen) atoms. The third-order valence-electron chi connectivity index (χ3n) is 5.39. The summed E-state index contributed by atoms with van der Waals surface area (Å²) in [6.45, 7) is 5.16. The van der Waals surface area contributed by atoms with Crippen molar-refractivity contribution < 1.29 is 9.90 Å². The predicted octanol–water partition coefficient (Wildman–Crippen LogP) is 4.96. The minimum Gasteiger partial charge on any atom is -0.481 e. The van der Waals surface area contributed by atoms with Crippen LogP contribution in [0.1, 0.15) is 74.2 Å². The van der Waals surface area contributed by atoms with Gasteiger partial charge in [-0.2, -0.15) is 0 Å². The van der Waals surface area contributed by atoms with Gasteiger partial charge in [0.25, 0.3) is 0 Å². The molecule has 0 saturated heterocycles. The van der Waals surface area contributed by atoms with Crippen LogP contribution in [0, 0.1) is 13.8 Å². The lowest BCUT2D eigenvalue weighted by molar-refractivity contribution is -0.137. The second kappa shape index (κ2) is 7.37. The van der Waals surface area contributed by atoms with Gasteiger partial charge >= 0.3 is 5.97 Å². The second-order valence-electron chi connectivity index (χ2n) is 7.23. The third kappa shape index (κ3) is 3.63. The molecular formula is C20H28N2O2. The molecule has 1 aliphatic rings. The number of aromatic nitrogens is 2. The molecule has 1 aromatic heterocycles. The Morgan fingerprint density at radius 3 is 2.58 bits per heavy atom. The van der Waals surface area contributed by atoms with Gasteiger partial charge < -0.3 is 9.67 Å². The fourth-order valence-electron chi connectivity index (χ4n) is 3.85. The number of fused-ring (bicyclic) bond motifs is 1. The number of hydrogen-bond donors (Lipinski definition) is 1. The van der Waals surface area contributed by atoms with E-state index in [9.17, 15) is 4.79 Å². The van der Waals surface area contributed by atoms with Crippen LogP contribution in [0.2, 0.25) is 0 Å². The number of carboxylic acid groups (broad SMARTS) is 1. The molecule has 3 rings (SSSR count). The zero-order valence-corrected chi connectivity index (χ0v) is 14.8. The normalized spacial score (nSPS) is 15.9. The Morgan fingerprint density at radius 1 is 1.17 bits per heavy atom. The van der Waals surface area contributed by atoms with Crippen LogP contribution < -0.4 is 0 Å². The van der Waals surface area contributed by atoms with E-state index in [0.717, 1.165) is 24.9 Å². The number of hydrogen-bond acceptors (Lipinski definition) is 2. The van der Waals surface area contributed by atoms with E-state index in [1.165, 1.54) is 54.6 Å². The Labute approximate surface area is 143 Å². The average Bonchev–Trinajstić information content (AvgIpc) is 2.90. The van der Waals surface area contributed by atoms with E-state index in [1.54, 1.807) is 0 Å². The fourth-order valence-corrected chi connectivity index (χ4v) is 3.85. The van der Waals surface area contributed by atoms with Crippen LogP contribution in [0.4, 0.5) is 0 Å². The first kappa shape index (κ1) is 17.0. The number of carboxylic acids is 1. The van der Waals surface area contributed by atoms with E-state index >= 15 is 0 Å². The summed E-state index contributed by atoms with van der Waals surface area (Å²) in [5.41, 5.74) is 4.89. The molecule has 0 unspecified atom stereocenters. The summed E-state index contributed by atoms with van der Waals surface area (Å²) in [7, 11) is 0. The van der Waals surface area contributed by atoms with Crippen LogP contribution >= 0.6 is 0 Å². The van der Waals surface area contributed by atoms with Crippen molar-refractivity contribution in [1.29, 1.82) is 0 Å². The summed E-state index contributed by atoms with van der Waals surface area (Å²) in [4.78, 5) is 15.7.